The number of amides is 1. The van der Waals surface area contributed by atoms with Gasteiger partial charge < -0.3 is 9.47 Å². The Morgan fingerprint density at radius 2 is 1.86 bits per heavy atom. The number of aryl methyl sites for hydroxylation is 2. The molecule has 4 aromatic rings. The van der Waals surface area contributed by atoms with Crippen molar-refractivity contribution >= 4 is 22.6 Å². The van der Waals surface area contributed by atoms with Crippen molar-refractivity contribution in [3.05, 3.63) is 113 Å². The summed E-state index contributed by atoms with van der Waals surface area (Å²) >= 11 is 0. The molecule has 0 spiro atoms. The van der Waals surface area contributed by atoms with Crippen LogP contribution < -0.4 is 9.62 Å². The van der Waals surface area contributed by atoms with E-state index in [9.17, 15) is 22.2 Å². The quantitative estimate of drug-likeness (QED) is 0.255. The highest BCUT2D eigenvalue weighted by molar-refractivity contribution is 7.83. The van der Waals surface area contributed by atoms with E-state index in [1.54, 1.807) is 11.1 Å². The minimum Gasteiger partial charge on any atom is -0.337 e. The van der Waals surface area contributed by atoms with Gasteiger partial charge in [0, 0.05) is 37.1 Å². The maximum atomic E-state index is 14.0. The van der Waals surface area contributed by atoms with Gasteiger partial charge in [0.1, 0.15) is 16.8 Å². The summed E-state index contributed by atoms with van der Waals surface area (Å²) in [5.41, 5.74) is 3.18. The number of hydrogen-bond acceptors (Lipinski definition) is 3. The minimum absolute atomic E-state index is 0.0421. The molecule has 42 heavy (non-hydrogen) atoms. The standard InChI is InChI=1S/C32H31F3N4O2S/c1-38-17-16-36-30(38)20-39(31(40)28-19-26(28)21-6-3-2-4-7-21)24-13-10-22-8-5-9-29(27(22)18-24)37-42(41)25-14-11-23(12-15-25)32(33,34)35/h2-4,6-7,10-18,26,28-29,37H,5,8-9,19-20H2,1H3. The van der Waals surface area contributed by atoms with Crippen molar-refractivity contribution in [3.63, 3.8) is 0 Å². The van der Waals surface area contributed by atoms with Gasteiger partial charge >= 0.3 is 6.18 Å². The molecule has 1 heterocycles. The van der Waals surface area contributed by atoms with Crippen molar-refractivity contribution in [2.75, 3.05) is 4.90 Å². The first kappa shape index (κ1) is 28.4. The number of fused-ring (bicyclic) bond motifs is 1. The molecule has 6 rings (SSSR count). The van der Waals surface area contributed by atoms with Crippen LogP contribution in [0.1, 0.15) is 59.3 Å². The summed E-state index contributed by atoms with van der Waals surface area (Å²) in [6, 6.07) is 20.2. The van der Waals surface area contributed by atoms with Gasteiger partial charge in [0.25, 0.3) is 0 Å². The number of nitrogens with one attached hydrogen (secondary N) is 1. The summed E-state index contributed by atoms with van der Waals surface area (Å²) in [5, 5.41) is 0. The molecule has 1 fully saturated rings. The van der Waals surface area contributed by atoms with Crippen LogP contribution in [0.2, 0.25) is 0 Å². The van der Waals surface area contributed by atoms with Crippen molar-refractivity contribution < 1.29 is 22.2 Å². The smallest absolute Gasteiger partial charge is 0.337 e. The number of anilines is 1. The van der Waals surface area contributed by atoms with Crippen LogP contribution >= 0.6 is 0 Å². The molecule has 3 aromatic carbocycles. The highest BCUT2D eigenvalue weighted by Crippen LogP contribution is 2.49. The van der Waals surface area contributed by atoms with Crippen LogP contribution in [0, 0.1) is 5.92 Å². The number of rotatable bonds is 8. The summed E-state index contributed by atoms with van der Waals surface area (Å²) < 4.78 is 57.2. The summed E-state index contributed by atoms with van der Waals surface area (Å²) in [4.78, 5) is 20.5. The molecule has 1 amide bonds. The number of benzene rings is 3. The largest absolute Gasteiger partial charge is 0.416 e. The third-order valence-corrected chi connectivity index (χ3v) is 9.42. The third-order valence-electron chi connectivity index (χ3n) is 8.22. The Bertz CT molecular complexity index is 1600. The number of halogens is 3. The van der Waals surface area contributed by atoms with Crippen LogP contribution in [0.4, 0.5) is 18.9 Å². The Labute approximate surface area is 245 Å². The van der Waals surface area contributed by atoms with E-state index in [2.05, 4.69) is 21.8 Å². The predicted octanol–water partition coefficient (Wildman–Crippen LogP) is 6.47. The zero-order valence-electron chi connectivity index (χ0n) is 23.1. The molecule has 0 radical (unpaired) electrons. The van der Waals surface area contributed by atoms with Gasteiger partial charge in [-0.3, -0.25) is 4.79 Å². The van der Waals surface area contributed by atoms with Crippen LogP contribution in [-0.4, -0.2) is 19.7 Å². The van der Waals surface area contributed by atoms with Crippen molar-refractivity contribution in [2.24, 2.45) is 13.0 Å². The maximum absolute atomic E-state index is 14.0. The van der Waals surface area contributed by atoms with Gasteiger partial charge in [-0.25, -0.2) is 13.9 Å². The van der Waals surface area contributed by atoms with Gasteiger partial charge in [0.05, 0.1) is 17.0 Å². The Balaban J connectivity index is 1.27. The number of aromatic nitrogens is 2. The minimum atomic E-state index is -4.45. The van der Waals surface area contributed by atoms with Crippen LogP contribution in [0.5, 0.6) is 0 Å². The number of alkyl halides is 3. The summed E-state index contributed by atoms with van der Waals surface area (Å²) in [6.45, 7) is 0.314. The molecule has 1 aromatic heterocycles. The SMILES string of the molecule is Cn1ccnc1CN(C(=O)C1CC1c1ccccc1)c1ccc2c(c1)C(NS(=O)c1ccc(C(F)(F)F)cc1)CCC2. The van der Waals surface area contributed by atoms with E-state index in [1.807, 2.05) is 54.2 Å². The number of hydrogen-bond donors (Lipinski definition) is 1. The first-order chi connectivity index (χ1) is 20.2. The van der Waals surface area contributed by atoms with Gasteiger partial charge in [-0.15, -0.1) is 0 Å². The first-order valence-corrected chi connectivity index (χ1v) is 15.1. The lowest BCUT2D eigenvalue weighted by atomic mass is 9.87. The lowest BCUT2D eigenvalue weighted by molar-refractivity contribution is -0.137. The van der Waals surface area contributed by atoms with Crippen molar-refractivity contribution in [1.82, 2.24) is 14.3 Å². The lowest BCUT2D eigenvalue weighted by Gasteiger charge is -2.29. The average Bonchev–Trinajstić information content (AvgIpc) is 3.70. The molecule has 0 aliphatic heterocycles. The molecule has 1 N–H and O–H groups in total. The molecular formula is C32H31F3N4O2S. The van der Waals surface area contributed by atoms with Crippen LogP contribution in [0.25, 0.3) is 0 Å². The summed E-state index contributed by atoms with van der Waals surface area (Å²) in [7, 11) is 0.188. The van der Waals surface area contributed by atoms with Crippen LogP contribution in [0.15, 0.2) is 90.1 Å². The second kappa shape index (κ2) is 11.5. The molecule has 4 atom stereocenters. The van der Waals surface area contributed by atoms with Gasteiger partial charge in [-0.2, -0.15) is 13.2 Å². The van der Waals surface area contributed by atoms with Crippen LogP contribution in [-0.2, 0) is 42.0 Å². The lowest BCUT2D eigenvalue weighted by Crippen LogP contribution is -2.34. The number of carbonyl (C=O) groups excluding carboxylic acids is 1. The fourth-order valence-corrected chi connectivity index (χ4v) is 6.79. The van der Waals surface area contributed by atoms with E-state index >= 15 is 0 Å². The van der Waals surface area contributed by atoms with E-state index in [0.29, 0.717) is 6.54 Å². The Morgan fingerprint density at radius 3 is 2.55 bits per heavy atom. The zero-order valence-corrected chi connectivity index (χ0v) is 23.9. The van der Waals surface area contributed by atoms with Gasteiger partial charge in [-0.05, 0) is 84.7 Å². The first-order valence-electron chi connectivity index (χ1n) is 14.0. The Hall–Kier alpha value is -3.76. The summed E-state index contributed by atoms with van der Waals surface area (Å²) in [5.74, 6) is 0.863. The maximum Gasteiger partial charge on any atom is 0.416 e. The van der Waals surface area contributed by atoms with Gasteiger partial charge in [-0.1, -0.05) is 36.4 Å². The molecule has 1 saturated carbocycles. The number of nitrogens with zero attached hydrogens (tertiary/aromatic N) is 3. The second-order valence-electron chi connectivity index (χ2n) is 11.0. The van der Waals surface area contributed by atoms with Crippen molar-refractivity contribution in [2.45, 2.75) is 55.3 Å². The van der Waals surface area contributed by atoms with E-state index in [-0.39, 0.29) is 28.7 Å². The van der Waals surface area contributed by atoms with E-state index in [0.717, 1.165) is 66.0 Å². The zero-order chi connectivity index (χ0) is 29.4. The Kier molecular flexibility index (Phi) is 7.76. The summed E-state index contributed by atoms with van der Waals surface area (Å²) in [6.07, 6.45) is 2.36. The fourth-order valence-electron chi connectivity index (χ4n) is 5.77. The average molecular weight is 593 g/mol. The molecule has 2 aliphatic rings. The topological polar surface area (TPSA) is 67.2 Å². The van der Waals surface area contributed by atoms with Crippen molar-refractivity contribution in [3.8, 4) is 0 Å². The van der Waals surface area contributed by atoms with Gasteiger partial charge in [0.15, 0.2) is 0 Å². The molecule has 0 saturated heterocycles. The monoisotopic (exact) mass is 592 g/mol. The predicted molar refractivity (Wildman–Crippen MR) is 155 cm³/mol. The Morgan fingerprint density at radius 1 is 1.10 bits per heavy atom. The van der Waals surface area contributed by atoms with Gasteiger partial charge in [0.2, 0.25) is 5.91 Å². The number of carbonyl (C=O) groups is 1. The van der Waals surface area contributed by atoms with Crippen LogP contribution in [0.3, 0.4) is 0 Å². The molecule has 6 nitrogen and oxygen atoms in total. The highest BCUT2D eigenvalue weighted by atomic mass is 32.2. The van der Waals surface area contributed by atoms with E-state index < -0.39 is 22.7 Å². The molecular weight excluding hydrogens is 561 g/mol. The highest BCUT2D eigenvalue weighted by Gasteiger charge is 2.46. The molecule has 218 valence electrons. The van der Waals surface area contributed by atoms with E-state index in [4.69, 9.17) is 0 Å². The van der Waals surface area contributed by atoms with Crippen molar-refractivity contribution in [1.29, 1.82) is 0 Å². The third kappa shape index (κ3) is 5.91. The fraction of sp³-hybridized carbons (Fsp3) is 0.312. The number of imidazole rings is 1. The normalized spacial score (nSPS) is 20.5. The molecule has 2 aliphatic carbocycles. The molecule has 4 unspecified atom stereocenters. The van der Waals surface area contributed by atoms with E-state index in [1.165, 1.54) is 12.1 Å². The second-order valence-corrected chi connectivity index (χ2v) is 12.2. The molecule has 0 bridgehead atoms. The molecule has 10 heteroatoms.